The molecule has 0 aromatic carbocycles. The number of anilines is 1. The van der Waals surface area contributed by atoms with Crippen LogP contribution in [0, 0.1) is 0 Å². The summed E-state index contributed by atoms with van der Waals surface area (Å²) in [4.78, 5) is 17.5. The van der Waals surface area contributed by atoms with E-state index in [2.05, 4.69) is 10.3 Å². The number of nitrogens with one attached hydrogen (secondary N) is 1. The Morgan fingerprint density at radius 1 is 1.39 bits per heavy atom. The Morgan fingerprint density at radius 2 is 2.17 bits per heavy atom. The molecule has 0 aliphatic rings. The Morgan fingerprint density at radius 3 is 2.83 bits per heavy atom. The first-order valence-electron chi connectivity index (χ1n) is 5.70. The second kappa shape index (κ2) is 6.16. The quantitative estimate of drug-likeness (QED) is 0.919. The molecule has 4 nitrogen and oxygen atoms in total. The van der Waals surface area contributed by atoms with Crippen LogP contribution in [0.25, 0.3) is 0 Å². The molecule has 94 valence electrons. The number of carbonyl (C=O) groups is 1. The summed E-state index contributed by atoms with van der Waals surface area (Å²) in [6.07, 6.45) is 4.36. The Labute approximate surface area is 110 Å². The molecule has 1 N–H and O–H groups in total. The summed E-state index contributed by atoms with van der Waals surface area (Å²) < 4.78 is 0. The van der Waals surface area contributed by atoms with Crippen molar-refractivity contribution in [3.05, 3.63) is 47.6 Å². The van der Waals surface area contributed by atoms with E-state index in [4.69, 9.17) is 0 Å². The third kappa shape index (κ3) is 3.56. The van der Waals surface area contributed by atoms with Crippen LogP contribution in [0.15, 0.2) is 42.0 Å². The van der Waals surface area contributed by atoms with Crippen molar-refractivity contribution < 1.29 is 4.79 Å². The first-order chi connectivity index (χ1) is 8.75. The molecule has 0 saturated carbocycles. The fraction of sp³-hybridized carbons (Fsp3) is 0.231. The van der Waals surface area contributed by atoms with Crippen LogP contribution in [0.1, 0.15) is 5.56 Å². The molecule has 18 heavy (non-hydrogen) atoms. The summed E-state index contributed by atoms with van der Waals surface area (Å²) in [6.45, 7) is 0.682. The molecule has 0 aliphatic heterocycles. The van der Waals surface area contributed by atoms with Crippen molar-refractivity contribution in [1.29, 1.82) is 0 Å². The fourth-order valence-electron chi connectivity index (χ4n) is 1.50. The zero-order valence-corrected chi connectivity index (χ0v) is 11.0. The predicted molar refractivity (Wildman–Crippen MR) is 73.9 cm³/mol. The molecule has 2 rings (SSSR count). The first-order valence-corrected chi connectivity index (χ1v) is 6.58. The Kier molecular flexibility index (Phi) is 4.30. The van der Waals surface area contributed by atoms with Crippen molar-refractivity contribution in [3.8, 4) is 0 Å². The molecule has 0 radical (unpaired) electrons. The molecule has 2 aromatic heterocycles. The lowest BCUT2D eigenvalue weighted by atomic mass is 10.2. The van der Waals surface area contributed by atoms with Gasteiger partial charge in [-0.15, -0.1) is 11.3 Å². The number of pyridine rings is 1. The second-order valence-corrected chi connectivity index (χ2v) is 4.88. The van der Waals surface area contributed by atoms with Gasteiger partial charge in [-0.3, -0.25) is 10.3 Å². The van der Waals surface area contributed by atoms with Crippen molar-refractivity contribution in [2.75, 3.05) is 18.9 Å². The van der Waals surface area contributed by atoms with Crippen LogP contribution < -0.4 is 5.32 Å². The molecule has 0 fully saturated rings. The number of aromatic nitrogens is 1. The maximum Gasteiger partial charge on any atom is 0.322 e. The molecule has 2 aromatic rings. The van der Waals surface area contributed by atoms with Crippen LogP contribution in [0.5, 0.6) is 0 Å². The summed E-state index contributed by atoms with van der Waals surface area (Å²) in [5.74, 6) is 0. The number of hydrogen-bond donors (Lipinski definition) is 1. The molecular formula is C13H15N3OS. The molecule has 5 heteroatoms. The van der Waals surface area contributed by atoms with Crippen molar-refractivity contribution in [2.45, 2.75) is 6.42 Å². The van der Waals surface area contributed by atoms with Gasteiger partial charge < -0.3 is 4.90 Å². The van der Waals surface area contributed by atoms with E-state index in [0.717, 1.165) is 11.4 Å². The molecule has 0 bridgehead atoms. The van der Waals surface area contributed by atoms with Crippen LogP contribution in [0.4, 0.5) is 9.80 Å². The second-order valence-electron chi connectivity index (χ2n) is 3.93. The topological polar surface area (TPSA) is 45.2 Å². The van der Waals surface area contributed by atoms with Gasteiger partial charge >= 0.3 is 6.03 Å². The summed E-state index contributed by atoms with van der Waals surface area (Å²) in [6, 6.07) is 7.65. The van der Waals surface area contributed by atoms with Gasteiger partial charge in [0.25, 0.3) is 0 Å². The Hall–Kier alpha value is -1.88. The van der Waals surface area contributed by atoms with Gasteiger partial charge in [-0.2, -0.15) is 0 Å². The molecule has 0 saturated heterocycles. The lowest BCUT2D eigenvalue weighted by molar-refractivity contribution is 0.223. The third-order valence-corrected chi connectivity index (χ3v) is 3.37. The number of likely N-dealkylation sites (N-methyl/N-ethyl adjacent to an activating group) is 1. The molecular weight excluding hydrogens is 246 g/mol. The number of thiophene rings is 1. The highest BCUT2D eigenvalue weighted by atomic mass is 32.1. The standard InChI is InChI=1S/C13H15N3OS/c1-16(9-6-11-4-7-14-8-5-11)13(17)15-12-3-2-10-18-12/h2-5,7-8,10H,6,9H2,1H3,(H,15,17). The van der Waals surface area contributed by atoms with Gasteiger partial charge in [-0.05, 0) is 41.6 Å². The molecule has 0 atom stereocenters. The number of urea groups is 1. The van der Waals surface area contributed by atoms with E-state index in [1.807, 2.05) is 29.6 Å². The largest absolute Gasteiger partial charge is 0.327 e. The van der Waals surface area contributed by atoms with E-state index < -0.39 is 0 Å². The average molecular weight is 261 g/mol. The number of amides is 2. The number of carbonyl (C=O) groups excluding carboxylic acids is 1. The minimum absolute atomic E-state index is 0.0773. The highest BCUT2D eigenvalue weighted by Crippen LogP contribution is 2.15. The predicted octanol–water partition coefficient (Wildman–Crippen LogP) is 2.85. The summed E-state index contributed by atoms with van der Waals surface area (Å²) in [5, 5.41) is 5.66. The van der Waals surface area contributed by atoms with Crippen LogP contribution in [-0.2, 0) is 6.42 Å². The summed E-state index contributed by atoms with van der Waals surface area (Å²) in [5.41, 5.74) is 1.18. The van der Waals surface area contributed by atoms with E-state index in [1.165, 1.54) is 16.9 Å². The van der Waals surface area contributed by atoms with Gasteiger partial charge in [-0.25, -0.2) is 4.79 Å². The minimum Gasteiger partial charge on any atom is -0.327 e. The summed E-state index contributed by atoms with van der Waals surface area (Å²) in [7, 11) is 1.80. The SMILES string of the molecule is CN(CCc1ccncc1)C(=O)Nc1cccs1. The van der Waals surface area contributed by atoms with Crippen LogP contribution in [-0.4, -0.2) is 29.5 Å². The molecule has 0 aliphatic carbocycles. The lowest BCUT2D eigenvalue weighted by Crippen LogP contribution is -2.32. The van der Waals surface area contributed by atoms with Gasteiger partial charge in [0.2, 0.25) is 0 Å². The molecule has 0 unspecified atom stereocenters. The van der Waals surface area contributed by atoms with E-state index >= 15 is 0 Å². The average Bonchev–Trinajstić information content (AvgIpc) is 2.90. The van der Waals surface area contributed by atoms with Crippen molar-refractivity contribution >= 4 is 22.4 Å². The molecule has 2 heterocycles. The highest BCUT2D eigenvalue weighted by Gasteiger charge is 2.08. The zero-order chi connectivity index (χ0) is 12.8. The van der Waals surface area contributed by atoms with Crippen molar-refractivity contribution in [1.82, 2.24) is 9.88 Å². The Balaban J connectivity index is 1.81. The number of hydrogen-bond acceptors (Lipinski definition) is 3. The minimum atomic E-state index is -0.0773. The molecule has 0 spiro atoms. The third-order valence-electron chi connectivity index (χ3n) is 2.58. The maximum atomic E-state index is 11.8. The smallest absolute Gasteiger partial charge is 0.322 e. The van der Waals surface area contributed by atoms with Gasteiger partial charge in [0.1, 0.15) is 0 Å². The number of rotatable bonds is 4. The van der Waals surface area contributed by atoms with Crippen LogP contribution >= 0.6 is 11.3 Å². The first kappa shape index (κ1) is 12.6. The van der Waals surface area contributed by atoms with Gasteiger partial charge in [0, 0.05) is 26.0 Å². The maximum absolute atomic E-state index is 11.8. The van der Waals surface area contributed by atoms with E-state index in [1.54, 1.807) is 24.3 Å². The van der Waals surface area contributed by atoms with E-state index in [0.29, 0.717) is 6.54 Å². The normalized spacial score (nSPS) is 10.1. The lowest BCUT2D eigenvalue weighted by Gasteiger charge is -2.17. The van der Waals surface area contributed by atoms with Crippen molar-refractivity contribution in [3.63, 3.8) is 0 Å². The number of nitrogens with zero attached hydrogens (tertiary/aromatic N) is 2. The van der Waals surface area contributed by atoms with Crippen molar-refractivity contribution in [2.24, 2.45) is 0 Å². The van der Waals surface area contributed by atoms with Gasteiger partial charge in [-0.1, -0.05) is 0 Å². The fourth-order valence-corrected chi connectivity index (χ4v) is 2.11. The van der Waals surface area contributed by atoms with E-state index in [-0.39, 0.29) is 6.03 Å². The van der Waals surface area contributed by atoms with E-state index in [9.17, 15) is 4.79 Å². The van der Waals surface area contributed by atoms with Crippen LogP contribution in [0.2, 0.25) is 0 Å². The molecule has 2 amide bonds. The summed E-state index contributed by atoms with van der Waals surface area (Å²) >= 11 is 1.52. The van der Waals surface area contributed by atoms with Crippen LogP contribution in [0.3, 0.4) is 0 Å². The van der Waals surface area contributed by atoms with Gasteiger partial charge in [0.05, 0.1) is 5.00 Å². The highest BCUT2D eigenvalue weighted by molar-refractivity contribution is 7.14. The zero-order valence-electron chi connectivity index (χ0n) is 10.2. The van der Waals surface area contributed by atoms with Gasteiger partial charge in [0.15, 0.2) is 0 Å². The Bertz CT molecular complexity index is 484. The monoisotopic (exact) mass is 261 g/mol.